The van der Waals surface area contributed by atoms with Gasteiger partial charge in [-0.1, -0.05) is 127 Å². The molecule has 0 radical (unpaired) electrons. The molecule has 0 saturated carbocycles. The van der Waals surface area contributed by atoms with Gasteiger partial charge in [-0.2, -0.15) is 0 Å². The fraction of sp³-hybridized carbons (Fsp3) is 0.156. The molecule has 1 heterocycles. The Labute approximate surface area is 282 Å². The predicted octanol–water partition coefficient (Wildman–Crippen LogP) is 9.77. The van der Waals surface area contributed by atoms with Gasteiger partial charge in [0.05, 0.1) is 11.0 Å². The van der Waals surface area contributed by atoms with Gasteiger partial charge in [-0.25, -0.2) is 0 Å². The second kappa shape index (κ2) is 10.8. The van der Waals surface area contributed by atoms with Crippen LogP contribution in [0.2, 0.25) is 0 Å². The topological polar surface area (TPSA) is 65.2 Å². The molecule has 3 heteroatoms. The van der Waals surface area contributed by atoms with Crippen molar-refractivity contribution < 1.29 is 4.42 Å². The van der Waals surface area contributed by atoms with Crippen LogP contribution >= 0.6 is 0 Å². The molecular formula is C45H38N2O. The van der Waals surface area contributed by atoms with E-state index in [0.717, 1.165) is 53.7 Å². The maximum absolute atomic E-state index is 7.66. The van der Waals surface area contributed by atoms with Crippen LogP contribution in [0.1, 0.15) is 70.9 Å². The van der Waals surface area contributed by atoms with Crippen molar-refractivity contribution in [1.29, 1.82) is 0 Å². The average molecular weight is 623 g/mol. The van der Waals surface area contributed by atoms with E-state index in [1.165, 1.54) is 55.5 Å². The molecule has 0 aliphatic heterocycles. The number of nitrogens with two attached hydrogens (primary N) is 2. The van der Waals surface area contributed by atoms with E-state index in [4.69, 9.17) is 15.9 Å². The molecule has 2 atom stereocenters. The number of hydrogen-bond donors (Lipinski definition) is 2. The molecule has 4 aliphatic carbocycles. The summed E-state index contributed by atoms with van der Waals surface area (Å²) >= 11 is 0. The first-order valence-electron chi connectivity index (χ1n) is 17.1. The number of rotatable bonds is 5. The van der Waals surface area contributed by atoms with Crippen molar-refractivity contribution in [2.24, 2.45) is 11.5 Å². The number of aryl methyl sites for hydroxylation is 1. The summed E-state index contributed by atoms with van der Waals surface area (Å²) in [5.41, 5.74) is 28.7. The van der Waals surface area contributed by atoms with Crippen molar-refractivity contribution in [3.63, 3.8) is 0 Å². The summed E-state index contributed by atoms with van der Waals surface area (Å²) in [4.78, 5) is 0. The number of hydrogen-bond acceptors (Lipinski definition) is 3. The molecular weight excluding hydrogens is 585 g/mol. The van der Waals surface area contributed by atoms with E-state index in [1.54, 1.807) is 6.20 Å². The van der Waals surface area contributed by atoms with E-state index in [0.29, 0.717) is 0 Å². The van der Waals surface area contributed by atoms with Gasteiger partial charge in [0.1, 0.15) is 11.3 Å². The van der Waals surface area contributed by atoms with Gasteiger partial charge in [-0.3, -0.25) is 0 Å². The van der Waals surface area contributed by atoms with Crippen molar-refractivity contribution in [2.75, 3.05) is 0 Å². The van der Waals surface area contributed by atoms with E-state index in [2.05, 4.69) is 103 Å². The summed E-state index contributed by atoms with van der Waals surface area (Å²) in [7, 11) is 0. The molecule has 1 aromatic heterocycles. The molecule has 2 unspecified atom stereocenters. The van der Waals surface area contributed by atoms with Gasteiger partial charge < -0.3 is 15.9 Å². The molecule has 48 heavy (non-hydrogen) atoms. The van der Waals surface area contributed by atoms with Crippen LogP contribution in [0.25, 0.3) is 22.1 Å². The number of fused-ring (bicyclic) bond motifs is 12. The third-order valence-corrected chi connectivity index (χ3v) is 11.1. The van der Waals surface area contributed by atoms with Crippen LogP contribution in [0.3, 0.4) is 0 Å². The maximum Gasteiger partial charge on any atom is 0.139 e. The van der Waals surface area contributed by atoms with E-state index < -0.39 is 5.54 Å². The Kier molecular flexibility index (Phi) is 6.50. The highest BCUT2D eigenvalue weighted by molar-refractivity contribution is 6.02. The Morgan fingerprint density at radius 3 is 2.46 bits per heavy atom. The highest BCUT2D eigenvalue weighted by Gasteiger charge is 2.55. The number of benzene rings is 4. The van der Waals surface area contributed by atoms with Gasteiger partial charge in [0.2, 0.25) is 0 Å². The fourth-order valence-corrected chi connectivity index (χ4v) is 9.16. The minimum absolute atomic E-state index is 0.390. The lowest BCUT2D eigenvalue weighted by Gasteiger charge is -2.38. The molecule has 4 aromatic carbocycles. The molecule has 4 N–H and O–H groups in total. The van der Waals surface area contributed by atoms with E-state index in [-0.39, 0.29) is 5.41 Å². The zero-order valence-corrected chi connectivity index (χ0v) is 27.2. The van der Waals surface area contributed by atoms with Gasteiger partial charge in [0, 0.05) is 16.5 Å². The number of para-hydroxylation sites is 1. The van der Waals surface area contributed by atoms with Crippen LogP contribution in [-0.2, 0) is 17.4 Å². The van der Waals surface area contributed by atoms with Crippen LogP contribution < -0.4 is 11.5 Å². The zero-order chi connectivity index (χ0) is 32.5. The molecule has 0 saturated heterocycles. The molecule has 0 bridgehead atoms. The third kappa shape index (κ3) is 3.74. The first kappa shape index (κ1) is 28.8. The number of allylic oxidation sites excluding steroid dienone is 8. The lowest BCUT2D eigenvalue weighted by molar-refractivity contribution is 0.582. The molecule has 0 amide bonds. The molecule has 234 valence electrons. The van der Waals surface area contributed by atoms with Crippen LogP contribution in [0.5, 0.6) is 0 Å². The van der Waals surface area contributed by atoms with Gasteiger partial charge in [0.15, 0.2) is 0 Å². The first-order chi connectivity index (χ1) is 23.6. The highest BCUT2D eigenvalue weighted by Crippen LogP contribution is 2.66. The van der Waals surface area contributed by atoms with Gasteiger partial charge in [0.25, 0.3) is 0 Å². The lowest BCUT2D eigenvalue weighted by Crippen LogP contribution is -2.40. The predicted molar refractivity (Wildman–Crippen MR) is 197 cm³/mol. The van der Waals surface area contributed by atoms with Crippen molar-refractivity contribution in [3.05, 3.63) is 201 Å². The minimum atomic E-state index is -0.975. The summed E-state index contributed by atoms with van der Waals surface area (Å²) in [6.45, 7) is 2.01. The normalized spacial score (nSPS) is 20.8. The van der Waals surface area contributed by atoms with Crippen LogP contribution in [-0.4, -0.2) is 0 Å². The molecule has 9 rings (SSSR count). The Morgan fingerprint density at radius 1 is 0.792 bits per heavy atom. The summed E-state index contributed by atoms with van der Waals surface area (Å²) in [5.74, 6) is 1.04. The summed E-state index contributed by atoms with van der Waals surface area (Å²) in [6, 6.07) is 34.9. The summed E-state index contributed by atoms with van der Waals surface area (Å²) < 4.78 is 6.77. The molecule has 4 aliphatic rings. The van der Waals surface area contributed by atoms with Gasteiger partial charge >= 0.3 is 0 Å². The van der Waals surface area contributed by atoms with Crippen molar-refractivity contribution in [2.45, 2.75) is 43.6 Å². The fourth-order valence-electron chi connectivity index (χ4n) is 9.16. The second-order valence-electron chi connectivity index (χ2n) is 13.3. The van der Waals surface area contributed by atoms with E-state index in [9.17, 15) is 0 Å². The van der Waals surface area contributed by atoms with Gasteiger partial charge in [-0.05, 0) is 101 Å². The quantitative estimate of drug-likeness (QED) is 0.192. The Morgan fingerprint density at radius 2 is 1.60 bits per heavy atom. The highest BCUT2D eigenvalue weighted by atomic mass is 16.3. The Hall–Kier alpha value is -5.38. The largest absolute Gasteiger partial charge is 0.456 e. The SMILES string of the molecule is C\C=C/C=C\C(=C\N)C(N)(c1ccccc1)c1ccc2c(c1)C1(C3=C2C=CCC3)C2=C(c3ccccc31)c1oc3ccccc3c1CC2. The zero-order valence-electron chi connectivity index (χ0n) is 27.2. The molecule has 5 aromatic rings. The Balaban J connectivity index is 1.35. The van der Waals surface area contributed by atoms with Crippen LogP contribution in [0.15, 0.2) is 161 Å². The van der Waals surface area contributed by atoms with Gasteiger partial charge in [-0.15, -0.1) is 0 Å². The smallest absolute Gasteiger partial charge is 0.139 e. The van der Waals surface area contributed by atoms with E-state index in [1.807, 2.05) is 37.3 Å². The average Bonchev–Trinajstić information content (AvgIpc) is 3.77. The molecule has 1 spiro atoms. The monoisotopic (exact) mass is 622 g/mol. The molecule has 3 nitrogen and oxygen atoms in total. The lowest BCUT2D eigenvalue weighted by atomic mass is 9.64. The third-order valence-electron chi connectivity index (χ3n) is 11.1. The minimum Gasteiger partial charge on any atom is -0.456 e. The molecule has 0 fully saturated rings. The van der Waals surface area contributed by atoms with Crippen molar-refractivity contribution >= 4 is 22.1 Å². The van der Waals surface area contributed by atoms with Crippen molar-refractivity contribution in [1.82, 2.24) is 0 Å². The standard InChI is InChI=1S/C45H38N2O/c1-2-3-5-16-31(28-46)45(47,29-14-6-4-7-15-29)30-23-24-33-32-17-8-11-20-37(32)44(40(33)27-30)38-21-12-9-19-36(38)42-39(44)26-25-35-34-18-10-13-22-41(34)48-43(35)42/h2-10,12-19,21-24,27-28H,11,20,25-26,46-47H2,1H3/b3-2-,16-5-,31-28-. The van der Waals surface area contributed by atoms with Crippen LogP contribution in [0.4, 0.5) is 0 Å². The van der Waals surface area contributed by atoms with Crippen LogP contribution in [0, 0.1) is 0 Å². The second-order valence-corrected chi connectivity index (χ2v) is 13.3. The van der Waals surface area contributed by atoms with E-state index >= 15 is 0 Å². The summed E-state index contributed by atoms with van der Waals surface area (Å²) in [6.07, 6.45) is 18.4. The Bertz CT molecular complexity index is 2330. The maximum atomic E-state index is 7.66. The van der Waals surface area contributed by atoms with Crippen molar-refractivity contribution in [3.8, 4) is 0 Å². The summed E-state index contributed by atoms with van der Waals surface area (Å²) in [5, 5.41) is 1.23. The first-order valence-corrected chi connectivity index (χ1v) is 17.1. The number of furan rings is 1.